The molecule has 1 atom stereocenters. The maximum atomic E-state index is 3.70. The molecule has 0 aliphatic heterocycles. The summed E-state index contributed by atoms with van der Waals surface area (Å²) in [5.74, 6) is 0.894. The lowest BCUT2D eigenvalue weighted by atomic mass is 10.1. The molecule has 1 aliphatic rings. The Hall–Kier alpha value is -0.540. The fraction of sp³-hybridized carbons (Fsp3) is 0.625. The molecule has 1 saturated carbocycles. The molecule has 106 valence electrons. The molecule has 1 N–H and O–H groups in total. The molecule has 0 spiro atoms. The Balaban J connectivity index is 2.04. The Labute approximate surface area is 125 Å². The largest absolute Gasteiger partial charge is 0.372 e. The number of hydrogen-bond acceptors (Lipinski definition) is 2. The highest BCUT2D eigenvalue weighted by Gasteiger charge is 2.30. The topological polar surface area (TPSA) is 15.3 Å². The summed E-state index contributed by atoms with van der Waals surface area (Å²) >= 11 is 3.70. The van der Waals surface area contributed by atoms with E-state index in [9.17, 15) is 0 Å². The number of rotatable bonds is 6. The number of nitrogens with zero attached hydrogens (tertiary/aromatic N) is 1. The van der Waals surface area contributed by atoms with Gasteiger partial charge < -0.3 is 10.2 Å². The standard InChI is InChI=1S/C16H25BrN2/c1-11(2)18-10-14-7-8-15(9-16(14)17)19(4)12(3)13-5-6-13/h7-9,11-13,18H,5-6,10H2,1-4H3. The minimum Gasteiger partial charge on any atom is -0.372 e. The van der Waals surface area contributed by atoms with E-state index in [0.29, 0.717) is 12.1 Å². The first-order valence-corrected chi connectivity index (χ1v) is 8.03. The highest BCUT2D eigenvalue weighted by Crippen LogP contribution is 2.36. The van der Waals surface area contributed by atoms with E-state index >= 15 is 0 Å². The molecule has 0 radical (unpaired) electrons. The summed E-state index contributed by atoms with van der Waals surface area (Å²) in [6.07, 6.45) is 2.78. The highest BCUT2D eigenvalue weighted by atomic mass is 79.9. The van der Waals surface area contributed by atoms with Crippen molar-refractivity contribution in [2.75, 3.05) is 11.9 Å². The zero-order valence-electron chi connectivity index (χ0n) is 12.4. The molecule has 1 fully saturated rings. The third-order valence-corrected chi connectivity index (χ3v) is 4.80. The van der Waals surface area contributed by atoms with Crippen LogP contribution in [0, 0.1) is 5.92 Å². The van der Waals surface area contributed by atoms with E-state index in [4.69, 9.17) is 0 Å². The van der Waals surface area contributed by atoms with Crippen LogP contribution in [-0.4, -0.2) is 19.1 Å². The minimum absolute atomic E-state index is 0.518. The van der Waals surface area contributed by atoms with Crippen LogP contribution in [0.25, 0.3) is 0 Å². The first-order valence-electron chi connectivity index (χ1n) is 7.23. The molecule has 3 heteroatoms. The Kier molecular flexibility index (Phi) is 4.91. The molecule has 0 saturated heterocycles. The normalized spacial score (nSPS) is 16.7. The van der Waals surface area contributed by atoms with Gasteiger partial charge in [-0.05, 0) is 43.4 Å². The van der Waals surface area contributed by atoms with Crippen molar-refractivity contribution in [2.45, 2.75) is 52.2 Å². The number of anilines is 1. The van der Waals surface area contributed by atoms with Crippen molar-refractivity contribution >= 4 is 21.6 Å². The fourth-order valence-electron chi connectivity index (χ4n) is 2.34. The molecule has 1 aromatic rings. The van der Waals surface area contributed by atoms with Crippen LogP contribution in [0.4, 0.5) is 5.69 Å². The van der Waals surface area contributed by atoms with Crippen molar-refractivity contribution in [1.29, 1.82) is 0 Å². The van der Waals surface area contributed by atoms with Crippen LogP contribution in [0.3, 0.4) is 0 Å². The predicted molar refractivity (Wildman–Crippen MR) is 86.7 cm³/mol. The second kappa shape index (κ2) is 6.27. The first-order chi connectivity index (χ1) is 8.99. The van der Waals surface area contributed by atoms with Gasteiger partial charge in [-0.25, -0.2) is 0 Å². The Morgan fingerprint density at radius 2 is 2.00 bits per heavy atom. The maximum absolute atomic E-state index is 3.70. The van der Waals surface area contributed by atoms with Crippen molar-refractivity contribution in [3.8, 4) is 0 Å². The second-order valence-corrected chi connectivity index (χ2v) is 6.85. The molecule has 2 rings (SSSR count). The van der Waals surface area contributed by atoms with Gasteiger partial charge in [0.15, 0.2) is 0 Å². The van der Waals surface area contributed by atoms with Gasteiger partial charge in [0, 0.05) is 35.8 Å². The van der Waals surface area contributed by atoms with Crippen LogP contribution in [-0.2, 0) is 6.54 Å². The van der Waals surface area contributed by atoms with Crippen LogP contribution >= 0.6 is 15.9 Å². The van der Waals surface area contributed by atoms with Crippen molar-refractivity contribution in [3.63, 3.8) is 0 Å². The van der Waals surface area contributed by atoms with E-state index in [-0.39, 0.29) is 0 Å². The summed E-state index contributed by atoms with van der Waals surface area (Å²) in [5, 5.41) is 3.46. The minimum atomic E-state index is 0.518. The van der Waals surface area contributed by atoms with Crippen molar-refractivity contribution in [3.05, 3.63) is 28.2 Å². The van der Waals surface area contributed by atoms with Crippen molar-refractivity contribution < 1.29 is 0 Å². The average Bonchev–Trinajstić information content (AvgIpc) is 3.19. The van der Waals surface area contributed by atoms with Gasteiger partial charge in [-0.2, -0.15) is 0 Å². The van der Waals surface area contributed by atoms with Gasteiger partial charge >= 0.3 is 0 Å². The molecule has 0 amide bonds. The Morgan fingerprint density at radius 3 is 2.53 bits per heavy atom. The van der Waals surface area contributed by atoms with E-state index in [1.165, 1.54) is 28.6 Å². The SMILES string of the molecule is CC(C)NCc1ccc(N(C)C(C)C2CC2)cc1Br. The van der Waals surface area contributed by atoms with Gasteiger partial charge in [0.05, 0.1) is 0 Å². The number of nitrogens with one attached hydrogen (secondary N) is 1. The molecular formula is C16H25BrN2. The van der Waals surface area contributed by atoms with Crippen LogP contribution in [0.2, 0.25) is 0 Å². The predicted octanol–water partition coefficient (Wildman–Crippen LogP) is 4.18. The third kappa shape index (κ3) is 3.96. The lowest BCUT2D eigenvalue weighted by molar-refractivity contribution is 0.587. The van der Waals surface area contributed by atoms with Crippen LogP contribution in [0.5, 0.6) is 0 Å². The summed E-state index contributed by atoms with van der Waals surface area (Å²) in [6, 6.07) is 7.87. The van der Waals surface area contributed by atoms with Gasteiger partial charge in [0.1, 0.15) is 0 Å². The molecule has 1 aliphatic carbocycles. The fourth-order valence-corrected chi connectivity index (χ4v) is 2.85. The smallest absolute Gasteiger partial charge is 0.0377 e. The summed E-state index contributed by atoms with van der Waals surface area (Å²) in [4.78, 5) is 2.40. The monoisotopic (exact) mass is 324 g/mol. The van der Waals surface area contributed by atoms with Gasteiger partial charge in [0.25, 0.3) is 0 Å². The van der Waals surface area contributed by atoms with Crippen molar-refractivity contribution in [1.82, 2.24) is 5.32 Å². The van der Waals surface area contributed by atoms with Crippen LogP contribution in [0.15, 0.2) is 22.7 Å². The summed E-state index contributed by atoms with van der Waals surface area (Å²) in [7, 11) is 2.21. The first kappa shape index (κ1) is 14.9. The third-order valence-electron chi connectivity index (χ3n) is 4.06. The lowest BCUT2D eigenvalue weighted by Gasteiger charge is -2.27. The van der Waals surface area contributed by atoms with Crippen molar-refractivity contribution in [2.24, 2.45) is 5.92 Å². The van der Waals surface area contributed by atoms with Gasteiger partial charge in [0.2, 0.25) is 0 Å². The summed E-state index contributed by atoms with van der Waals surface area (Å²) < 4.78 is 1.20. The maximum Gasteiger partial charge on any atom is 0.0377 e. The second-order valence-electron chi connectivity index (χ2n) is 6.00. The number of halogens is 1. The number of hydrogen-bond donors (Lipinski definition) is 1. The zero-order chi connectivity index (χ0) is 14.0. The molecule has 1 aromatic carbocycles. The molecular weight excluding hydrogens is 300 g/mol. The van der Waals surface area contributed by atoms with Crippen LogP contribution in [0.1, 0.15) is 39.2 Å². The lowest BCUT2D eigenvalue weighted by Crippen LogP contribution is -2.30. The highest BCUT2D eigenvalue weighted by molar-refractivity contribution is 9.10. The molecule has 0 aromatic heterocycles. The van der Waals surface area contributed by atoms with E-state index in [0.717, 1.165) is 12.5 Å². The van der Waals surface area contributed by atoms with Gasteiger partial charge in [-0.1, -0.05) is 35.8 Å². The van der Waals surface area contributed by atoms with E-state index in [2.05, 4.69) is 72.2 Å². The van der Waals surface area contributed by atoms with Gasteiger partial charge in [-0.15, -0.1) is 0 Å². The zero-order valence-corrected chi connectivity index (χ0v) is 14.0. The number of benzene rings is 1. The molecule has 0 bridgehead atoms. The molecule has 2 nitrogen and oxygen atoms in total. The quantitative estimate of drug-likeness (QED) is 0.844. The molecule has 1 unspecified atom stereocenters. The summed E-state index contributed by atoms with van der Waals surface area (Å²) in [5.41, 5.74) is 2.63. The van der Waals surface area contributed by atoms with E-state index in [1.807, 2.05) is 0 Å². The van der Waals surface area contributed by atoms with Gasteiger partial charge in [-0.3, -0.25) is 0 Å². The molecule has 0 heterocycles. The van der Waals surface area contributed by atoms with Crippen LogP contribution < -0.4 is 10.2 Å². The molecule has 19 heavy (non-hydrogen) atoms. The average molecular weight is 325 g/mol. The Morgan fingerprint density at radius 1 is 1.32 bits per heavy atom. The van der Waals surface area contributed by atoms with E-state index in [1.54, 1.807) is 0 Å². The van der Waals surface area contributed by atoms with E-state index < -0.39 is 0 Å². The summed E-state index contributed by atoms with van der Waals surface area (Å²) in [6.45, 7) is 7.60. The Bertz CT molecular complexity index is 427.